The van der Waals surface area contributed by atoms with E-state index in [1.165, 1.54) is 19.3 Å². The molecule has 1 heterocycles. The fourth-order valence-corrected chi connectivity index (χ4v) is 2.39. The Bertz CT molecular complexity index is 286. The van der Waals surface area contributed by atoms with E-state index in [1.54, 1.807) is 0 Å². The fraction of sp³-hybridized carbons (Fsp3) is 0.750. The molecule has 1 aliphatic rings. The Morgan fingerprint density at radius 1 is 1.44 bits per heavy atom. The summed E-state index contributed by atoms with van der Waals surface area (Å²) in [5.74, 6) is 0.591. The monoisotopic (exact) mass is 223 g/mol. The number of nitrogens with zero attached hydrogens (tertiary/aromatic N) is 2. The second-order valence-electron chi connectivity index (χ2n) is 4.49. The molecule has 2 unspecified atom stereocenters. The van der Waals surface area contributed by atoms with Crippen LogP contribution in [0.25, 0.3) is 0 Å². The molecule has 4 nitrogen and oxygen atoms in total. The first-order valence-electron chi connectivity index (χ1n) is 6.17. The lowest BCUT2D eigenvalue weighted by Crippen LogP contribution is -2.25. The summed E-state index contributed by atoms with van der Waals surface area (Å²) in [6.07, 6.45) is 10.8. The summed E-state index contributed by atoms with van der Waals surface area (Å²) in [4.78, 5) is 4.01. The molecule has 0 aliphatic heterocycles. The molecule has 0 saturated heterocycles. The maximum absolute atomic E-state index is 5.89. The van der Waals surface area contributed by atoms with E-state index in [0.717, 1.165) is 26.1 Å². The van der Waals surface area contributed by atoms with Crippen LogP contribution in [0.4, 0.5) is 0 Å². The lowest BCUT2D eigenvalue weighted by atomic mass is 10.1. The first kappa shape index (κ1) is 11.6. The van der Waals surface area contributed by atoms with Gasteiger partial charge in [-0.3, -0.25) is 0 Å². The van der Waals surface area contributed by atoms with Crippen molar-refractivity contribution in [1.82, 2.24) is 9.55 Å². The third-order valence-corrected chi connectivity index (χ3v) is 3.34. The van der Waals surface area contributed by atoms with Gasteiger partial charge < -0.3 is 15.0 Å². The van der Waals surface area contributed by atoms with Crippen LogP contribution < -0.4 is 5.73 Å². The van der Waals surface area contributed by atoms with E-state index in [4.69, 9.17) is 10.5 Å². The Hall–Kier alpha value is -0.870. The van der Waals surface area contributed by atoms with Gasteiger partial charge in [0.15, 0.2) is 0 Å². The van der Waals surface area contributed by atoms with Crippen molar-refractivity contribution in [2.24, 2.45) is 11.7 Å². The SMILES string of the molecule is NCC1CCCC1OCCCn1ccnc1. The Balaban J connectivity index is 1.61. The van der Waals surface area contributed by atoms with Crippen LogP contribution in [0.3, 0.4) is 0 Å². The number of aryl methyl sites for hydroxylation is 1. The normalized spacial score (nSPS) is 25.1. The highest BCUT2D eigenvalue weighted by Gasteiger charge is 2.26. The predicted octanol–water partition coefficient (Wildman–Crippen LogP) is 1.42. The molecular formula is C12H21N3O. The first-order chi connectivity index (χ1) is 7.90. The number of ether oxygens (including phenoxy) is 1. The molecule has 1 fully saturated rings. The molecule has 0 radical (unpaired) electrons. The summed E-state index contributed by atoms with van der Waals surface area (Å²) < 4.78 is 7.97. The Morgan fingerprint density at radius 2 is 2.38 bits per heavy atom. The van der Waals surface area contributed by atoms with Gasteiger partial charge in [0, 0.05) is 25.5 Å². The number of rotatable bonds is 6. The molecule has 4 heteroatoms. The topological polar surface area (TPSA) is 53.1 Å². The minimum atomic E-state index is 0.410. The molecule has 1 aromatic rings. The van der Waals surface area contributed by atoms with Gasteiger partial charge in [0.05, 0.1) is 12.4 Å². The number of aromatic nitrogens is 2. The highest BCUT2D eigenvalue weighted by Crippen LogP contribution is 2.27. The van der Waals surface area contributed by atoms with Crippen LogP contribution in [0.15, 0.2) is 18.7 Å². The maximum Gasteiger partial charge on any atom is 0.0945 e. The smallest absolute Gasteiger partial charge is 0.0945 e. The number of hydrogen-bond donors (Lipinski definition) is 1. The van der Waals surface area contributed by atoms with E-state index in [2.05, 4.69) is 9.55 Å². The van der Waals surface area contributed by atoms with Crippen molar-refractivity contribution >= 4 is 0 Å². The number of nitrogens with two attached hydrogens (primary N) is 1. The largest absolute Gasteiger partial charge is 0.378 e. The van der Waals surface area contributed by atoms with E-state index in [9.17, 15) is 0 Å². The van der Waals surface area contributed by atoms with Crippen molar-refractivity contribution in [2.45, 2.75) is 38.3 Å². The van der Waals surface area contributed by atoms with Crippen molar-refractivity contribution < 1.29 is 4.74 Å². The molecule has 0 aromatic carbocycles. The molecule has 0 amide bonds. The van der Waals surface area contributed by atoms with Gasteiger partial charge in [-0.1, -0.05) is 6.42 Å². The quantitative estimate of drug-likeness (QED) is 0.742. The van der Waals surface area contributed by atoms with E-state index in [1.807, 2.05) is 18.7 Å². The van der Waals surface area contributed by atoms with Gasteiger partial charge in [-0.25, -0.2) is 4.98 Å². The van der Waals surface area contributed by atoms with E-state index in [-0.39, 0.29) is 0 Å². The zero-order valence-corrected chi connectivity index (χ0v) is 9.72. The van der Waals surface area contributed by atoms with E-state index < -0.39 is 0 Å². The lowest BCUT2D eigenvalue weighted by Gasteiger charge is -2.18. The molecule has 0 bridgehead atoms. The van der Waals surface area contributed by atoms with Crippen molar-refractivity contribution in [3.8, 4) is 0 Å². The van der Waals surface area contributed by atoms with Crippen LogP contribution in [0.2, 0.25) is 0 Å². The van der Waals surface area contributed by atoms with Gasteiger partial charge in [-0.2, -0.15) is 0 Å². The Kier molecular flexibility index (Phi) is 4.36. The molecule has 2 rings (SSSR count). The predicted molar refractivity (Wildman–Crippen MR) is 63.0 cm³/mol. The summed E-state index contributed by atoms with van der Waals surface area (Å²) in [5, 5.41) is 0. The van der Waals surface area contributed by atoms with Gasteiger partial charge >= 0.3 is 0 Å². The molecule has 0 spiro atoms. The highest BCUT2D eigenvalue weighted by atomic mass is 16.5. The van der Waals surface area contributed by atoms with Gasteiger partial charge in [0.1, 0.15) is 0 Å². The van der Waals surface area contributed by atoms with Gasteiger partial charge in [-0.05, 0) is 31.7 Å². The molecule has 2 atom stereocenters. The second kappa shape index (κ2) is 6.01. The molecule has 90 valence electrons. The third kappa shape index (κ3) is 3.06. The molecule has 16 heavy (non-hydrogen) atoms. The number of imidazole rings is 1. The van der Waals surface area contributed by atoms with Crippen LogP contribution in [0, 0.1) is 5.92 Å². The number of hydrogen-bond acceptors (Lipinski definition) is 3. The van der Waals surface area contributed by atoms with Crippen molar-refractivity contribution in [3.05, 3.63) is 18.7 Å². The van der Waals surface area contributed by atoms with Gasteiger partial charge in [0.2, 0.25) is 0 Å². The van der Waals surface area contributed by atoms with Crippen LogP contribution in [-0.4, -0.2) is 28.8 Å². The summed E-state index contributed by atoms with van der Waals surface area (Å²) in [5.41, 5.74) is 5.71. The zero-order chi connectivity index (χ0) is 11.2. The lowest BCUT2D eigenvalue weighted by molar-refractivity contribution is 0.0273. The summed E-state index contributed by atoms with van der Waals surface area (Å²) in [6, 6.07) is 0. The summed E-state index contributed by atoms with van der Waals surface area (Å²) in [6.45, 7) is 2.59. The third-order valence-electron chi connectivity index (χ3n) is 3.34. The van der Waals surface area contributed by atoms with Gasteiger partial charge in [0.25, 0.3) is 0 Å². The van der Waals surface area contributed by atoms with Crippen molar-refractivity contribution in [1.29, 1.82) is 0 Å². The standard InChI is InChI=1S/C12H21N3O/c13-9-11-3-1-4-12(11)16-8-2-6-15-7-5-14-10-15/h5,7,10-12H,1-4,6,8-9,13H2. The molecule has 1 saturated carbocycles. The average Bonchev–Trinajstić information content (AvgIpc) is 2.95. The van der Waals surface area contributed by atoms with Crippen LogP contribution in [0.5, 0.6) is 0 Å². The molecule has 1 aromatic heterocycles. The first-order valence-corrected chi connectivity index (χ1v) is 6.17. The molecule has 1 aliphatic carbocycles. The molecular weight excluding hydrogens is 202 g/mol. The minimum Gasteiger partial charge on any atom is -0.378 e. The zero-order valence-electron chi connectivity index (χ0n) is 9.72. The maximum atomic E-state index is 5.89. The minimum absolute atomic E-state index is 0.410. The van der Waals surface area contributed by atoms with Crippen molar-refractivity contribution in [2.75, 3.05) is 13.2 Å². The van der Waals surface area contributed by atoms with Crippen LogP contribution >= 0.6 is 0 Å². The van der Waals surface area contributed by atoms with Crippen molar-refractivity contribution in [3.63, 3.8) is 0 Å². The highest BCUT2D eigenvalue weighted by molar-refractivity contribution is 4.79. The Labute approximate surface area is 96.8 Å². The van der Waals surface area contributed by atoms with E-state index in [0.29, 0.717) is 12.0 Å². The molecule has 2 N–H and O–H groups in total. The fourth-order valence-electron chi connectivity index (χ4n) is 2.39. The van der Waals surface area contributed by atoms with Crippen LogP contribution in [0.1, 0.15) is 25.7 Å². The Morgan fingerprint density at radius 3 is 3.12 bits per heavy atom. The van der Waals surface area contributed by atoms with Crippen LogP contribution in [-0.2, 0) is 11.3 Å². The van der Waals surface area contributed by atoms with Gasteiger partial charge in [-0.15, -0.1) is 0 Å². The summed E-state index contributed by atoms with van der Waals surface area (Å²) >= 11 is 0. The average molecular weight is 223 g/mol. The van der Waals surface area contributed by atoms with E-state index >= 15 is 0 Å². The second-order valence-corrected chi connectivity index (χ2v) is 4.49. The summed E-state index contributed by atoms with van der Waals surface area (Å²) in [7, 11) is 0.